The van der Waals surface area contributed by atoms with Gasteiger partial charge >= 0.3 is 0 Å². The molecule has 2 aromatic carbocycles. The zero-order chi connectivity index (χ0) is 25.1. The van der Waals surface area contributed by atoms with Gasteiger partial charge in [-0.2, -0.15) is 0 Å². The van der Waals surface area contributed by atoms with Crippen molar-refractivity contribution in [3.05, 3.63) is 95.3 Å². The van der Waals surface area contributed by atoms with Crippen molar-refractivity contribution < 1.29 is 9.18 Å². The second kappa shape index (κ2) is 10.0. The Morgan fingerprint density at radius 3 is 2.67 bits per heavy atom. The molecule has 0 saturated carbocycles. The van der Waals surface area contributed by atoms with Gasteiger partial charge in [-0.05, 0) is 54.4 Å². The number of nitrogens with two attached hydrogens (primary N) is 1. The van der Waals surface area contributed by atoms with E-state index < -0.39 is 0 Å². The summed E-state index contributed by atoms with van der Waals surface area (Å²) in [6, 6.07) is 15.7. The molecule has 1 amide bonds. The summed E-state index contributed by atoms with van der Waals surface area (Å²) in [7, 11) is 0. The molecule has 0 saturated heterocycles. The van der Waals surface area contributed by atoms with E-state index >= 15 is 0 Å². The predicted octanol–water partition coefficient (Wildman–Crippen LogP) is 4.97. The number of benzene rings is 2. The van der Waals surface area contributed by atoms with E-state index in [1.807, 2.05) is 37.3 Å². The summed E-state index contributed by atoms with van der Waals surface area (Å²) < 4.78 is 13.2. The molecule has 0 aliphatic carbocycles. The number of carbonyl (C=O) groups excluding carboxylic acids is 1. The molecule has 3 aromatic heterocycles. The van der Waals surface area contributed by atoms with Crippen molar-refractivity contribution >= 4 is 39.8 Å². The van der Waals surface area contributed by atoms with Crippen LogP contribution in [-0.4, -0.2) is 25.8 Å². The average molecular weight is 500 g/mol. The molecular weight excluding hydrogens is 477 g/mol. The van der Waals surface area contributed by atoms with Crippen LogP contribution in [0.5, 0.6) is 0 Å². The van der Waals surface area contributed by atoms with Gasteiger partial charge in [-0.25, -0.2) is 24.3 Å². The average Bonchev–Trinajstić information content (AvgIpc) is 3.37. The third-order valence-corrected chi connectivity index (χ3v) is 6.81. The number of rotatable bonds is 7. The Hall–Kier alpha value is -4.44. The SMILES string of the molecule is CC(NC(=O)c1nccnc1NCc1ccc(-c2ccc3ncnc(N)c3c2)s1)c1ccc(F)cc1. The van der Waals surface area contributed by atoms with Gasteiger partial charge in [-0.3, -0.25) is 4.79 Å². The number of amides is 1. The Balaban J connectivity index is 1.28. The highest BCUT2D eigenvalue weighted by Crippen LogP contribution is 2.31. The molecule has 5 rings (SSSR count). The van der Waals surface area contributed by atoms with E-state index in [0.29, 0.717) is 18.2 Å². The van der Waals surface area contributed by atoms with Crippen molar-refractivity contribution in [1.82, 2.24) is 25.3 Å². The largest absolute Gasteiger partial charge is 0.383 e. The number of halogens is 1. The summed E-state index contributed by atoms with van der Waals surface area (Å²) in [5.41, 5.74) is 8.81. The number of carbonyl (C=O) groups is 1. The molecule has 10 heteroatoms. The molecule has 0 fully saturated rings. The molecule has 0 radical (unpaired) electrons. The van der Waals surface area contributed by atoms with Crippen molar-refractivity contribution in [2.24, 2.45) is 0 Å². The third kappa shape index (κ3) is 4.98. The first-order valence-corrected chi connectivity index (χ1v) is 12.0. The summed E-state index contributed by atoms with van der Waals surface area (Å²) in [6.45, 7) is 2.30. The quantitative estimate of drug-likeness (QED) is 0.289. The highest BCUT2D eigenvalue weighted by molar-refractivity contribution is 7.15. The van der Waals surface area contributed by atoms with E-state index in [1.165, 1.54) is 30.9 Å². The van der Waals surface area contributed by atoms with E-state index in [-0.39, 0.29) is 23.5 Å². The number of nitrogens with zero attached hydrogens (tertiary/aromatic N) is 4. The lowest BCUT2D eigenvalue weighted by Crippen LogP contribution is -2.28. The monoisotopic (exact) mass is 499 g/mol. The fourth-order valence-electron chi connectivity index (χ4n) is 3.76. The first kappa shape index (κ1) is 23.3. The van der Waals surface area contributed by atoms with Crippen LogP contribution in [0, 0.1) is 5.82 Å². The van der Waals surface area contributed by atoms with Gasteiger partial charge in [0.25, 0.3) is 5.91 Å². The summed E-state index contributed by atoms with van der Waals surface area (Å²) in [6.07, 6.45) is 4.46. The number of hydrogen-bond donors (Lipinski definition) is 3. The lowest BCUT2D eigenvalue weighted by Gasteiger charge is -2.15. The van der Waals surface area contributed by atoms with Crippen LogP contribution in [0.4, 0.5) is 16.0 Å². The standard InChI is InChI=1S/C26H22FN7OS/c1-15(16-2-5-18(27)6-3-16)34-26(35)23-25(30-11-10-29-23)31-13-19-7-9-22(36-19)17-4-8-21-20(12-17)24(28)33-14-32-21/h2-12,14-15H,13H2,1H3,(H,30,31)(H,34,35)(H2,28,32,33). The van der Waals surface area contributed by atoms with Crippen molar-refractivity contribution in [3.63, 3.8) is 0 Å². The highest BCUT2D eigenvalue weighted by Gasteiger charge is 2.17. The van der Waals surface area contributed by atoms with Gasteiger partial charge in [0, 0.05) is 27.5 Å². The van der Waals surface area contributed by atoms with Gasteiger partial charge in [0.05, 0.1) is 18.1 Å². The second-order valence-corrected chi connectivity index (χ2v) is 9.28. The van der Waals surface area contributed by atoms with Crippen LogP contribution in [0.25, 0.3) is 21.3 Å². The molecular formula is C26H22FN7OS. The van der Waals surface area contributed by atoms with E-state index in [4.69, 9.17) is 5.73 Å². The van der Waals surface area contributed by atoms with Crippen molar-refractivity contribution in [2.45, 2.75) is 19.5 Å². The minimum atomic E-state index is -0.370. The number of thiophene rings is 1. The lowest BCUT2D eigenvalue weighted by atomic mass is 10.1. The van der Waals surface area contributed by atoms with E-state index in [2.05, 4.69) is 30.6 Å². The van der Waals surface area contributed by atoms with Gasteiger partial charge in [-0.15, -0.1) is 11.3 Å². The summed E-state index contributed by atoms with van der Waals surface area (Å²) in [5.74, 6) is 0.132. The maximum absolute atomic E-state index is 13.2. The second-order valence-electron chi connectivity index (χ2n) is 8.11. The fourth-order valence-corrected chi connectivity index (χ4v) is 4.71. The van der Waals surface area contributed by atoms with Crippen LogP contribution in [0.15, 0.2) is 73.3 Å². The van der Waals surface area contributed by atoms with Crippen LogP contribution in [0.1, 0.15) is 33.9 Å². The smallest absolute Gasteiger partial charge is 0.274 e. The predicted molar refractivity (Wildman–Crippen MR) is 139 cm³/mol. The van der Waals surface area contributed by atoms with Gasteiger partial charge in [0.2, 0.25) is 0 Å². The molecule has 5 aromatic rings. The van der Waals surface area contributed by atoms with Crippen LogP contribution < -0.4 is 16.4 Å². The van der Waals surface area contributed by atoms with E-state index in [9.17, 15) is 9.18 Å². The molecule has 180 valence electrons. The minimum Gasteiger partial charge on any atom is -0.383 e. The summed E-state index contributed by atoms with van der Waals surface area (Å²) in [4.78, 5) is 31.9. The lowest BCUT2D eigenvalue weighted by molar-refractivity contribution is 0.0935. The molecule has 8 nitrogen and oxygen atoms in total. The molecule has 36 heavy (non-hydrogen) atoms. The van der Waals surface area contributed by atoms with Gasteiger partial charge in [0.15, 0.2) is 11.5 Å². The topological polar surface area (TPSA) is 119 Å². The first-order chi connectivity index (χ1) is 17.5. The zero-order valence-electron chi connectivity index (χ0n) is 19.3. The summed E-state index contributed by atoms with van der Waals surface area (Å²) >= 11 is 1.62. The zero-order valence-corrected chi connectivity index (χ0v) is 20.1. The molecule has 0 bridgehead atoms. The van der Waals surface area contributed by atoms with Crippen LogP contribution in [0.2, 0.25) is 0 Å². The number of fused-ring (bicyclic) bond motifs is 1. The molecule has 4 N–H and O–H groups in total. The Labute approximate surface area is 210 Å². The molecule has 1 atom stereocenters. The number of nitrogens with one attached hydrogen (secondary N) is 2. The molecule has 0 aliphatic heterocycles. The van der Waals surface area contributed by atoms with Crippen LogP contribution in [0.3, 0.4) is 0 Å². The summed E-state index contributed by atoms with van der Waals surface area (Å²) in [5, 5.41) is 6.93. The fraction of sp³-hybridized carbons (Fsp3) is 0.115. The number of hydrogen-bond acceptors (Lipinski definition) is 8. The number of aromatic nitrogens is 4. The Bertz CT molecular complexity index is 1540. The van der Waals surface area contributed by atoms with Crippen molar-refractivity contribution in [3.8, 4) is 10.4 Å². The van der Waals surface area contributed by atoms with Crippen molar-refractivity contribution in [2.75, 3.05) is 11.1 Å². The molecule has 0 spiro atoms. The van der Waals surface area contributed by atoms with Gasteiger partial charge < -0.3 is 16.4 Å². The number of nitrogen functional groups attached to an aromatic ring is 1. The highest BCUT2D eigenvalue weighted by atomic mass is 32.1. The first-order valence-electron chi connectivity index (χ1n) is 11.2. The van der Waals surface area contributed by atoms with E-state index in [0.717, 1.165) is 31.8 Å². The Morgan fingerprint density at radius 1 is 1.03 bits per heavy atom. The molecule has 3 heterocycles. The van der Waals surface area contributed by atoms with Gasteiger partial charge in [0.1, 0.15) is 18.0 Å². The third-order valence-electron chi connectivity index (χ3n) is 5.67. The molecule has 1 unspecified atom stereocenters. The normalized spacial score (nSPS) is 11.8. The van der Waals surface area contributed by atoms with Gasteiger partial charge in [-0.1, -0.05) is 18.2 Å². The minimum absolute atomic E-state index is 0.188. The van der Waals surface area contributed by atoms with Crippen molar-refractivity contribution in [1.29, 1.82) is 0 Å². The maximum atomic E-state index is 13.2. The van der Waals surface area contributed by atoms with E-state index in [1.54, 1.807) is 23.5 Å². The van der Waals surface area contributed by atoms with Crippen LogP contribution in [-0.2, 0) is 6.54 Å². The van der Waals surface area contributed by atoms with Crippen LogP contribution >= 0.6 is 11.3 Å². The maximum Gasteiger partial charge on any atom is 0.274 e. The molecule has 0 aliphatic rings. The number of anilines is 2. The Kier molecular flexibility index (Phi) is 6.50. The Morgan fingerprint density at radius 2 is 1.83 bits per heavy atom.